The summed E-state index contributed by atoms with van der Waals surface area (Å²) in [4.78, 5) is 0. The summed E-state index contributed by atoms with van der Waals surface area (Å²) in [5.41, 5.74) is 0.120. The van der Waals surface area contributed by atoms with Gasteiger partial charge < -0.3 is 4.74 Å². The Morgan fingerprint density at radius 2 is 1.91 bits per heavy atom. The zero-order valence-electron chi connectivity index (χ0n) is 7.78. The minimum Gasteiger partial charge on any atom is -0.369 e. The molecule has 0 N–H and O–H groups in total. The predicted octanol–water partition coefficient (Wildman–Crippen LogP) is 2.98. The fourth-order valence-electron chi connectivity index (χ4n) is 1.92. The Hall–Kier alpha value is 0.440. The summed E-state index contributed by atoms with van der Waals surface area (Å²) in [6, 6.07) is 0. The lowest BCUT2D eigenvalue weighted by Gasteiger charge is -2.26. The highest BCUT2D eigenvalue weighted by Gasteiger charge is 2.44. The molecule has 0 aromatic heterocycles. The van der Waals surface area contributed by atoms with Crippen LogP contribution < -0.4 is 0 Å². The van der Waals surface area contributed by atoms with Gasteiger partial charge in [-0.05, 0) is 40.0 Å². The molecular formula is C9H17BrO. The first kappa shape index (κ1) is 9.53. The topological polar surface area (TPSA) is 9.23 Å². The molecule has 0 aliphatic carbocycles. The van der Waals surface area contributed by atoms with Crippen molar-refractivity contribution in [1.82, 2.24) is 0 Å². The van der Waals surface area contributed by atoms with Gasteiger partial charge >= 0.3 is 0 Å². The van der Waals surface area contributed by atoms with Gasteiger partial charge in [0.05, 0.1) is 11.2 Å². The molecule has 0 bridgehead atoms. The highest BCUT2D eigenvalue weighted by atomic mass is 79.9. The predicted molar refractivity (Wildman–Crippen MR) is 51.1 cm³/mol. The van der Waals surface area contributed by atoms with E-state index in [2.05, 4.69) is 43.6 Å². The van der Waals surface area contributed by atoms with Gasteiger partial charge in [-0.2, -0.15) is 0 Å². The van der Waals surface area contributed by atoms with Crippen LogP contribution in [0.3, 0.4) is 0 Å². The molecule has 0 saturated carbocycles. The van der Waals surface area contributed by atoms with E-state index >= 15 is 0 Å². The first-order valence-electron chi connectivity index (χ1n) is 4.13. The van der Waals surface area contributed by atoms with Crippen molar-refractivity contribution < 1.29 is 4.74 Å². The molecule has 2 heteroatoms. The summed E-state index contributed by atoms with van der Waals surface area (Å²) in [6.45, 7) is 8.68. The van der Waals surface area contributed by atoms with Gasteiger partial charge in [0.15, 0.2) is 0 Å². The molecule has 1 nitrogen and oxygen atoms in total. The third kappa shape index (κ3) is 1.97. The zero-order valence-corrected chi connectivity index (χ0v) is 9.36. The van der Waals surface area contributed by atoms with Crippen LogP contribution in [-0.4, -0.2) is 16.5 Å². The van der Waals surface area contributed by atoms with E-state index in [0.29, 0.717) is 5.92 Å². The average molecular weight is 221 g/mol. The number of ether oxygens (including phenoxy) is 1. The molecule has 0 aromatic carbocycles. The maximum Gasteiger partial charge on any atom is 0.0670 e. The zero-order chi connectivity index (χ0) is 8.70. The van der Waals surface area contributed by atoms with Crippen LogP contribution in [0.4, 0.5) is 0 Å². The molecule has 1 aliphatic rings. The fraction of sp³-hybridized carbons (Fsp3) is 1.00. The van der Waals surface area contributed by atoms with Crippen LogP contribution in [0.5, 0.6) is 0 Å². The van der Waals surface area contributed by atoms with Gasteiger partial charge in [-0.3, -0.25) is 0 Å². The van der Waals surface area contributed by atoms with Crippen LogP contribution in [0.1, 0.15) is 34.1 Å². The maximum atomic E-state index is 5.91. The molecule has 0 aromatic rings. The van der Waals surface area contributed by atoms with Gasteiger partial charge in [0.1, 0.15) is 0 Å². The van der Waals surface area contributed by atoms with E-state index in [-0.39, 0.29) is 11.2 Å². The monoisotopic (exact) mass is 220 g/mol. The number of hydrogen-bond acceptors (Lipinski definition) is 1. The van der Waals surface area contributed by atoms with Crippen molar-refractivity contribution >= 4 is 15.9 Å². The molecule has 1 saturated heterocycles. The number of rotatable bonds is 1. The summed E-state index contributed by atoms with van der Waals surface area (Å²) in [5, 5.41) is 1.05. The van der Waals surface area contributed by atoms with E-state index in [1.807, 2.05) is 0 Å². The van der Waals surface area contributed by atoms with E-state index in [1.54, 1.807) is 0 Å². The molecule has 11 heavy (non-hydrogen) atoms. The van der Waals surface area contributed by atoms with Crippen LogP contribution in [0.15, 0.2) is 0 Å². The SMILES string of the molecule is CC1(C)CC(CBr)C(C)(C)O1. The smallest absolute Gasteiger partial charge is 0.0670 e. The van der Waals surface area contributed by atoms with Gasteiger partial charge in [-0.1, -0.05) is 15.9 Å². The molecular weight excluding hydrogens is 204 g/mol. The molecule has 0 radical (unpaired) electrons. The van der Waals surface area contributed by atoms with Crippen LogP contribution in [-0.2, 0) is 4.74 Å². The summed E-state index contributed by atoms with van der Waals surface area (Å²) < 4.78 is 5.91. The molecule has 1 fully saturated rings. The van der Waals surface area contributed by atoms with E-state index in [1.165, 1.54) is 0 Å². The van der Waals surface area contributed by atoms with Gasteiger partial charge in [0.25, 0.3) is 0 Å². The number of halogens is 1. The molecule has 1 heterocycles. The Morgan fingerprint density at radius 1 is 1.36 bits per heavy atom. The summed E-state index contributed by atoms with van der Waals surface area (Å²) in [7, 11) is 0. The lowest BCUT2D eigenvalue weighted by Crippen LogP contribution is -2.30. The Labute approximate surface area is 77.6 Å². The molecule has 1 unspecified atom stereocenters. The fourth-order valence-corrected chi connectivity index (χ4v) is 2.93. The Morgan fingerprint density at radius 3 is 2.09 bits per heavy atom. The van der Waals surface area contributed by atoms with Crippen molar-refractivity contribution in [3.8, 4) is 0 Å². The minimum atomic E-state index is 0.0486. The Balaban J connectivity index is 2.71. The van der Waals surface area contributed by atoms with Crippen molar-refractivity contribution in [2.75, 3.05) is 5.33 Å². The quantitative estimate of drug-likeness (QED) is 0.618. The van der Waals surface area contributed by atoms with Gasteiger partial charge in [0.2, 0.25) is 0 Å². The van der Waals surface area contributed by atoms with Crippen molar-refractivity contribution in [3.63, 3.8) is 0 Å². The largest absolute Gasteiger partial charge is 0.369 e. The number of alkyl halides is 1. The first-order chi connectivity index (χ1) is 4.87. The standard InChI is InChI=1S/C9H17BrO/c1-8(2)5-7(6-10)9(3,4)11-8/h7H,5-6H2,1-4H3. The van der Waals surface area contributed by atoms with Crippen molar-refractivity contribution in [3.05, 3.63) is 0 Å². The van der Waals surface area contributed by atoms with E-state index in [4.69, 9.17) is 4.74 Å². The van der Waals surface area contributed by atoms with Gasteiger partial charge in [-0.25, -0.2) is 0 Å². The van der Waals surface area contributed by atoms with Crippen molar-refractivity contribution in [2.45, 2.75) is 45.3 Å². The van der Waals surface area contributed by atoms with Crippen LogP contribution >= 0.6 is 15.9 Å². The maximum absolute atomic E-state index is 5.91. The van der Waals surface area contributed by atoms with Crippen molar-refractivity contribution in [2.24, 2.45) is 5.92 Å². The van der Waals surface area contributed by atoms with E-state index in [9.17, 15) is 0 Å². The van der Waals surface area contributed by atoms with Crippen LogP contribution in [0, 0.1) is 5.92 Å². The summed E-state index contributed by atoms with van der Waals surface area (Å²) >= 11 is 3.52. The molecule has 0 amide bonds. The normalized spacial score (nSPS) is 34.1. The molecule has 66 valence electrons. The van der Waals surface area contributed by atoms with E-state index < -0.39 is 0 Å². The third-order valence-corrected chi connectivity index (χ3v) is 3.23. The second-order valence-electron chi connectivity index (χ2n) is 4.52. The number of hydrogen-bond donors (Lipinski definition) is 0. The Kier molecular flexibility index (Phi) is 2.37. The minimum absolute atomic E-state index is 0.0486. The highest BCUT2D eigenvalue weighted by molar-refractivity contribution is 9.09. The van der Waals surface area contributed by atoms with Crippen LogP contribution in [0.25, 0.3) is 0 Å². The average Bonchev–Trinajstić information content (AvgIpc) is 1.99. The lowest BCUT2D eigenvalue weighted by atomic mass is 9.89. The van der Waals surface area contributed by atoms with Crippen molar-refractivity contribution in [1.29, 1.82) is 0 Å². The summed E-state index contributed by atoms with van der Waals surface area (Å²) in [6.07, 6.45) is 1.16. The summed E-state index contributed by atoms with van der Waals surface area (Å²) in [5.74, 6) is 0.650. The van der Waals surface area contributed by atoms with E-state index in [0.717, 1.165) is 11.8 Å². The van der Waals surface area contributed by atoms with Crippen LogP contribution in [0.2, 0.25) is 0 Å². The molecule has 1 atom stereocenters. The van der Waals surface area contributed by atoms with Gasteiger partial charge in [-0.15, -0.1) is 0 Å². The lowest BCUT2D eigenvalue weighted by molar-refractivity contribution is -0.0724. The molecule has 0 spiro atoms. The Bertz CT molecular complexity index is 152. The second kappa shape index (κ2) is 2.74. The third-order valence-electron chi connectivity index (χ3n) is 2.45. The molecule has 1 aliphatic heterocycles. The molecule has 1 rings (SSSR count). The first-order valence-corrected chi connectivity index (χ1v) is 5.26. The second-order valence-corrected chi connectivity index (χ2v) is 5.17. The van der Waals surface area contributed by atoms with Gasteiger partial charge in [0, 0.05) is 5.33 Å². The highest BCUT2D eigenvalue weighted by Crippen LogP contribution is 2.42.